The van der Waals surface area contributed by atoms with Gasteiger partial charge >= 0.3 is 0 Å². The lowest BCUT2D eigenvalue weighted by Crippen LogP contribution is -2.30. The predicted molar refractivity (Wildman–Crippen MR) is 124 cm³/mol. The highest BCUT2D eigenvalue weighted by atomic mass is 16.5. The fraction of sp³-hybridized carbons (Fsp3) is 0.375. The Morgan fingerprint density at radius 1 is 1.18 bits per heavy atom. The summed E-state index contributed by atoms with van der Waals surface area (Å²) in [7, 11) is 3.25. The van der Waals surface area contributed by atoms with Crippen LogP contribution in [0.3, 0.4) is 0 Å². The average Bonchev–Trinajstić information content (AvgIpc) is 3.40. The first-order chi connectivity index (χ1) is 16.1. The van der Waals surface area contributed by atoms with Gasteiger partial charge in [-0.05, 0) is 30.2 Å². The number of aromatic nitrogens is 4. The van der Waals surface area contributed by atoms with E-state index >= 15 is 0 Å². The molecule has 1 fully saturated rings. The van der Waals surface area contributed by atoms with Crippen LogP contribution >= 0.6 is 0 Å². The molecule has 0 spiro atoms. The Hall–Kier alpha value is -3.43. The third-order valence-corrected chi connectivity index (χ3v) is 6.47. The predicted octanol–water partition coefficient (Wildman–Crippen LogP) is 2.56. The van der Waals surface area contributed by atoms with E-state index in [9.17, 15) is 4.79 Å². The van der Waals surface area contributed by atoms with Gasteiger partial charge in [-0.15, -0.1) is 0 Å². The Bertz CT molecular complexity index is 1430. The summed E-state index contributed by atoms with van der Waals surface area (Å²) in [6.45, 7) is 3.52. The molecule has 33 heavy (non-hydrogen) atoms. The van der Waals surface area contributed by atoms with Gasteiger partial charge in [0.05, 0.1) is 36.7 Å². The molecule has 9 nitrogen and oxygen atoms in total. The number of benzene rings is 2. The van der Waals surface area contributed by atoms with Crippen LogP contribution in [0.1, 0.15) is 12.0 Å². The molecular formula is C24H25N5O4. The summed E-state index contributed by atoms with van der Waals surface area (Å²) >= 11 is 0. The van der Waals surface area contributed by atoms with Crippen molar-refractivity contribution in [3.8, 4) is 22.9 Å². The van der Waals surface area contributed by atoms with E-state index < -0.39 is 0 Å². The highest BCUT2D eigenvalue weighted by Crippen LogP contribution is 2.36. The Kier molecular flexibility index (Phi) is 4.81. The van der Waals surface area contributed by atoms with E-state index in [-0.39, 0.29) is 11.7 Å². The summed E-state index contributed by atoms with van der Waals surface area (Å²) in [5.74, 6) is 1.08. The number of nitrogens with zero attached hydrogens (tertiary/aromatic N) is 4. The standard InChI is InChI=1S/C24H25N5O4/c1-31-13-14-10-18-22-19(11-14)33-15-6-7-28(12-15)8-9-29-24(30)17-5-3-4-16(20(17)27-29)21(26-22)23(25-18)32-2/h3-5,10-11,15,27H,6-9,12-13H2,1-2H3/t15-/m0/s1. The van der Waals surface area contributed by atoms with Gasteiger partial charge in [-0.1, -0.05) is 12.1 Å². The summed E-state index contributed by atoms with van der Waals surface area (Å²) in [6, 6.07) is 9.58. The van der Waals surface area contributed by atoms with Crippen LogP contribution in [0.2, 0.25) is 0 Å². The number of fused-ring (bicyclic) bond motifs is 5. The van der Waals surface area contributed by atoms with Crippen molar-refractivity contribution in [2.24, 2.45) is 0 Å². The zero-order chi connectivity index (χ0) is 22.5. The second kappa shape index (κ2) is 7.86. The molecule has 0 saturated carbocycles. The maximum Gasteiger partial charge on any atom is 0.274 e. The van der Waals surface area contributed by atoms with Crippen molar-refractivity contribution >= 4 is 21.9 Å². The lowest BCUT2D eigenvalue weighted by atomic mass is 10.1. The van der Waals surface area contributed by atoms with Crippen molar-refractivity contribution in [1.82, 2.24) is 24.6 Å². The van der Waals surface area contributed by atoms with Crippen LogP contribution in [0.5, 0.6) is 11.6 Å². The highest BCUT2D eigenvalue weighted by Gasteiger charge is 2.27. The lowest BCUT2D eigenvalue weighted by molar-refractivity contribution is 0.182. The fourth-order valence-corrected chi connectivity index (χ4v) is 4.88. The number of H-pyrrole nitrogens is 1. The molecule has 0 amide bonds. The number of nitrogens with one attached hydrogen (secondary N) is 1. The molecule has 6 rings (SSSR count). The van der Waals surface area contributed by atoms with E-state index in [0.717, 1.165) is 42.7 Å². The Balaban J connectivity index is 1.66. The number of hydrogen-bond acceptors (Lipinski definition) is 7. The summed E-state index contributed by atoms with van der Waals surface area (Å²) < 4.78 is 19.2. The van der Waals surface area contributed by atoms with E-state index in [1.807, 2.05) is 30.3 Å². The summed E-state index contributed by atoms with van der Waals surface area (Å²) in [6.07, 6.45) is 0.955. The molecule has 4 aromatic rings. The molecule has 1 unspecified atom stereocenters. The van der Waals surface area contributed by atoms with E-state index in [0.29, 0.717) is 46.9 Å². The van der Waals surface area contributed by atoms with E-state index in [2.05, 4.69) is 10.00 Å². The average molecular weight is 447 g/mol. The van der Waals surface area contributed by atoms with Gasteiger partial charge in [0.2, 0.25) is 5.88 Å². The Morgan fingerprint density at radius 2 is 2.09 bits per heavy atom. The largest absolute Gasteiger partial charge is 0.487 e. The van der Waals surface area contributed by atoms with Crippen LogP contribution in [-0.4, -0.2) is 64.6 Å². The lowest BCUT2D eigenvalue weighted by Gasteiger charge is -2.19. The first kappa shape index (κ1) is 20.2. The second-order valence-electron chi connectivity index (χ2n) is 8.60. The molecule has 0 radical (unpaired) electrons. The first-order valence-electron chi connectivity index (χ1n) is 11.1. The Labute approximate surface area is 189 Å². The van der Waals surface area contributed by atoms with Crippen molar-refractivity contribution < 1.29 is 14.2 Å². The third-order valence-electron chi connectivity index (χ3n) is 6.47. The molecule has 1 N–H and O–H groups in total. The number of aromatic amines is 1. The topological polar surface area (TPSA) is 94.5 Å². The maximum absolute atomic E-state index is 13.1. The van der Waals surface area contributed by atoms with Crippen molar-refractivity contribution in [2.75, 3.05) is 33.9 Å². The van der Waals surface area contributed by atoms with Crippen LogP contribution < -0.4 is 15.0 Å². The molecule has 2 aromatic carbocycles. The number of methoxy groups -OCH3 is 2. The number of para-hydroxylation sites is 1. The molecule has 2 aliphatic rings. The van der Waals surface area contributed by atoms with E-state index in [1.54, 1.807) is 18.9 Å². The molecule has 170 valence electrons. The molecule has 1 saturated heterocycles. The summed E-state index contributed by atoms with van der Waals surface area (Å²) in [5.41, 5.74) is 4.33. The highest BCUT2D eigenvalue weighted by molar-refractivity contribution is 5.95. The van der Waals surface area contributed by atoms with Gasteiger partial charge in [0, 0.05) is 32.3 Å². The van der Waals surface area contributed by atoms with Crippen LogP contribution in [0, 0.1) is 0 Å². The maximum atomic E-state index is 13.1. The number of hydrogen-bond donors (Lipinski definition) is 1. The first-order valence-corrected chi connectivity index (χ1v) is 11.1. The van der Waals surface area contributed by atoms with Crippen LogP contribution in [0.25, 0.3) is 33.2 Å². The van der Waals surface area contributed by atoms with Crippen molar-refractivity contribution in [3.63, 3.8) is 0 Å². The molecule has 6 bridgehead atoms. The van der Waals surface area contributed by atoms with Crippen molar-refractivity contribution in [1.29, 1.82) is 0 Å². The minimum Gasteiger partial charge on any atom is -0.487 e. The zero-order valence-electron chi connectivity index (χ0n) is 18.6. The molecular weight excluding hydrogens is 422 g/mol. The quantitative estimate of drug-likeness (QED) is 0.516. The summed E-state index contributed by atoms with van der Waals surface area (Å²) in [4.78, 5) is 25.2. The molecule has 2 atom stereocenters. The van der Waals surface area contributed by atoms with Gasteiger partial charge < -0.3 is 14.2 Å². The smallest absolute Gasteiger partial charge is 0.274 e. The summed E-state index contributed by atoms with van der Waals surface area (Å²) in [5, 5.41) is 3.94. The van der Waals surface area contributed by atoms with Gasteiger partial charge in [0.1, 0.15) is 23.1 Å². The van der Waals surface area contributed by atoms with Gasteiger partial charge in [-0.25, -0.2) is 9.97 Å². The minimum atomic E-state index is -0.0358. The monoisotopic (exact) mass is 447 g/mol. The molecule has 9 heteroatoms. The Morgan fingerprint density at radius 3 is 2.94 bits per heavy atom. The SMILES string of the molecule is COCc1cc2c3nc(c(OC)nc3c1)-c1cccc3c(=O)n([nH]c13)CCN1CC[C@@H](C1)O2. The van der Waals surface area contributed by atoms with Crippen molar-refractivity contribution in [2.45, 2.75) is 25.7 Å². The van der Waals surface area contributed by atoms with Crippen molar-refractivity contribution in [3.05, 3.63) is 46.2 Å². The van der Waals surface area contributed by atoms with E-state index in [4.69, 9.17) is 24.2 Å². The van der Waals surface area contributed by atoms with Gasteiger partial charge in [-0.2, -0.15) is 0 Å². The van der Waals surface area contributed by atoms with Gasteiger partial charge in [0.25, 0.3) is 5.56 Å². The second-order valence-corrected chi connectivity index (χ2v) is 8.60. The molecule has 4 heterocycles. The van der Waals surface area contributed by atoms with Crippen LogP contribution in [0.4, 0.5) is 0 Å². The third kappa shape index (κ3) is 3.35. The molecule has 0 aliphatic carbocycles. The number of rotatable bonds is 3. The fourth-order valence-electron chi connectivity index (χ4n) is 4.88. The zero-order valence-corrected chi connectivity index (χ0v) is 18.6. The number of ether oxygens (including phenoxy) is 3. The molecule has 2 aliphatic heterocycles. The van der Waals surface area contributed by atoms with Crippen LogP contribution in [0.15, 0.2) is 35.1 Å². The minimum absolute atomic E-state index is 0.0358. The molecule has 2 aromatic heterocycles. The van der Waals surface area contributed by atoms with Gasteiger partial charge in [0.15, 0.2) is 0 Å². The normalized spacial score (nSPS) is 19.8. The van der Waals surface area contributed by atoms with E-state index in [1.165, 1.54) is 0 Å². The van der Waals surface area contributed by atoms with Crippen LogP contribution in [-0.2, 0) is 17.9 Å². The van der Waals surface area contributed by atoms with Gasteiger partial charge in [-0.3, -0.25) is 19.5 Å².